The summed E-state index contributed by atoms with van der Waals surface area (Å²) in [6.07, 6.45) is 1.65. The summed E-state index contributed by atoms with van der Waals surface area (Å²) in [5.41, 5.74) is 7.49. The van der Waals surface area contributed by atoms with Crippen LogP contribution in [-0.4, -0.2) is 29.6 Å². The fourth-order valence-corrected chi connectivity index (χ4v) is 4.47. The minimum Gasteiger partial charge on any atom is -0.497 e. The Morgan fingerprint density at radius 2 is 1.81 bits per heavy atom. The van der Waals surface area contributed by atoms with Gasteiger partial charge in [-0.25, -0.2) is 5.43 Å². The fraction of sp³-hybridized carbons (Fsp3) is 0.217. The molecule has 31 heavy (non-hydrogen) atoms. The van der Waals surface area contributed by atoms with E-state index in [-0.39, 0.29) is 5.91 Å². The first kappa shape index (κ1) is 23.3. The molecule has 1 heterocycles. The van der Waals surface area contributed by atoms with Crippen molar-refractivity contribution in [1.82, 2.24) is 9.99 Å². The predicted molar refractivity (Wildman–Crippen MR) is 130 cm³/mol. The summed E-state index contributed by atoms with van der Waals surface area (Å²) in [6, 6.07) is 15.2. The SMILES string of the molecule is COc1ccc(CSCC(=O)N/N=C\c2cc(C)n(-c3cc(Cl)cc(Cl)c3)c2C)cc1. The zero-order chi connectivity index (χ0) is 22.4. The molecule has 1 aromatic heterocycles. The van der Waals surface area contributed by atoms with Crippen molar-refractivity contribution < 1.29 is 9.53 Å². The van der Waals surface area contributed by atoms with Crippen molar-refractivity contribution in [1.29, 1.82) is 0 Å². The Labute approximate surface area is 196 Å². The number of methoxy groups -OCH3 is 1. The summed E-state index contributed by atoms with van der Waals surface area (Å²) >= 11 is 13.8. The first-order chi connectivity index (χ1) is 14.9. The third-order valence-corrected chi connectivity index (χ3v) is 6.07. The summed E-state index contributed by atoms with van der Waals surface area (Å²) < 4.78 is 7.19. The van der Waals surface area contributed by atoms with Gasteiger partial charge in [0.25, 0.3) is 0 Å². The molecule has 0 radical (unpaired) electrons. The molecule has 0 unspecified atom stereocenters. The summed E-state index contributed by atoms with van der Waals surface area (Å²) in [7, 11) is 1.64. The topological polar surface area (TPSA) is 55.6 Å². The first-order valence-corrected chi connectivity index (χ1v) is 11.5. The van der Waals surface area contributed by atoms with Crippen LogP contribution in [0.3, 0.4) is 0 Å². The van der Waals surface area contributed by atoms with Gasteiger partial charge in [0.1, 0.15) is 5.75 Å². The lowest BCUT2D eigenvalue weighted by atomic mass is 10.2. The average molecular weight is 476 g/mol. The third-order valence-electron chi connectivity index (χ3n) is 4.63. The number of nitrogens with one attached hydrogen (secondary N) is 1. The molecule has 162 valence electrons. The lowest BCUT2D eigenvalue weighted by Gasteiger charge is -2.10. The van der Waals surface area contributed by atoms with Crippen LogP contribution < -0.4 is 10.2 Å². The van der Waals surface area contributed by atoms with Crippen molar-refractivity contribution in [2.75, 3.05) is 12.9 Å². The molecular weight excluding hydrogens is 453 g/mol. The number of rotatable bonds is 8. The predicted octanol–water partition coefficient (Wildman–Crippen LogP) is 5.79. The lowest BCUT2D eigenvalue weighted by molar-refractivity contribution is -0.118. The van der Waals surface area contributed by atoms with Crippen molar-refractivity contribution in [2.24, 2.45) is 5.10 Å². The molecule has 0 saturated carbocycles. The molecule has 0 aliphatic heterocycles. The molecule has 0 aliphatic carbocycles. The molecule has 0 atom stereocenters. The number of benzene rings is 2. The van der Waals surface area contributed by atoms with E-state index in [1.807, 2.05) is 60.9 Å². The molecule has 0 fully saturated rings. The molecule has 1 amide bonds. The second-order valence-corrected chi connectivity index (χ2v) is 8.78. The largest absolute Gasteiger partial charge is 0.497 e. The van der Waals surface area contributed by atoms with Gasteiger partial charge >= 0.3 is 0 Å². The van der Waals surface area contributed by atoms with E-state index in [0.717, 1.165) is 39.7 Å². The van der Waals surface area contributed by atoms with Crippen molar-refractivity contribution in [3.8, 4) is 11.4 Å². The van der Waals surface area contributed by atoms with Crippen molar-refractivity contribution in [2.45, 2.75) is 19.6 Å². The van der Waals surface area contributed by atoms with E-state index in [0.29, 0.717) is 15.8 Å². The summed E-state index contributed by atoms with van der Waals surface area (Å²) in [5, 5.41) is 5.26. The third kappa shape index (κ3) is 6.29. The normalized spacial score (nSPS) is 11.1. The number of amides is 1. The van der Waals surface area contributed by atoms with Crippen LogP contribution in [0.2, 0.25) is 10.0 Å². The number of nitrogens with zero attached hydrogens (tertiary/aromatic N) is 2. The smallest absolute Gasteiger partial charge is 0.250 e. The lowest BCUT2D eigenvalue weighted by Crippen LogP contribution is -2.19. The van der Waals surface area contributed by atoms with Gasteiger partial charge in [0.15, 0.2) is 0 Å². The van der Waals surface area contributed by atoms with Gasteiger partial charge < -0.3 is 9.30 Å². The maximum atomic E-state index is 12.1. The fourth-order valence-electron chi connectivity index (χ4n) is 3.17. The number of aryl methyl sites for hydroxylation is 1. The average Bonchev–Trinajstić information content (AvgIpc) is 3.01. The van der Waals surface area contributed by atoms with Gasteiger partial charge in [-0.3, -0.25) is 4.79 Å². The molecule has 3 rings (SSSR count). The number of carbonyl (C=O) groups is 1. The Kier molecular flexibility index (Phi) is 8.07. The Morgan fingerprint density at radius 3 is 2.45 bits per heavy atom. The van der Waals surface area contributed by atoms with E-state index in [9.17, 15) is 4.79 Å². The van der Waals surface area contributed by atoms with E-state index in [2.05, 4.69) is 10.5 Å². The Morgan fingerprint density at radius 1 is 1.13 bits per heavy atom. The van der Waals surface area contributed by atoms with Crippen molar-refractivity contribution in [3.63, 3.8) is 0 Å². The minimum atomic E-state index is -0.148. The zero-order valence-electron chi connectivity index (χ0n) is 17.5. The van der Waals surface area contributed by atoms with Crippen LogP contribution >= 0.6 is 35.0 Å². The van der Waals surface area contributed by atoms with Crippen molar-refractivity contribution >= 4 is 47.1 Å². The molecule has 1 N–H and O–H groups in total. The molecular formula is C23H23Cl2N3O2S. The van der Waals surface area contributed by atoms with Gasteiger partial charge in [-0.15, -0.1) is 11.8 Å². The van der Waals surface area contributed by atoms with Crippen LogP contribution in [0.25, 0.3) is 5.69 Å². The molecule has 0 bridgehead atoms. The number of halogens is 2. The number of hydrogen-bond acceptors (Lipinski definition) is 4. The molecule has 8 heteroatoms. The van der Waals surface area contributed by atoms with Crippen LogP contribution in [0, 0.1) is 13.8 Å². The number of hydrogen-bond donors (Lipinski definition) is 1. The molecule has 0 spiro atoms. The summed E-state index contributed by atoms with van der Waals surface area (Å²) in [5.74, 6) is 1.73. The molecule has 3 aromatic rings. The minimum absolute atomic E-state index is 0.148. The van der Waals surface area contributed by atoms with Gasteiger partial charge in [-0.2, -0.15) is 5.10 Å². The van der Waals surface area contributed by atoms with Gasteiger partial charge in [-0.05, 0) is 55.8 Å². The van der Waals surface area contributed by atoms with Crippen LogP contribution in [-0.2, 0) is 10.5 Å². The molecule has 0 aliphatic rings. The Balaban J connectivity index is 1.56. The highest BCUT2D eigenvalue weighted by Crippen LogP contribution is 2.26. The van der Waals surface area contributed by atoms with Crippen molar-refractivity contribution in [3.05, 3.63) is 81.1 Å². The van der Waals surface area contributed by atoms with E-state index >= 15 is 0 Å². The number of aromatic nitrogens is 1. The van der Waals surface area contributed by atoms with Crippen LogP contribution in [0.4, 0.5) is 0 Å². The van der Waals surface area contributed by atoms with Gasteiger partial charge in [-0.1, -0.05) is 35.3 Å². The maximum Gasteiger partial charge on any atom is 0.250 e. The van der Waals surface area contributed by atoms with Crippen LogP contribution in [0.15, 0.2) is 53.6 Å². The highest BCUT2D eigenvalue weighted by molar-refractivity contribution is 7.99. The summed E-state index contributed by atoms with van der Waals surface area (Å²) in [6.45, 7) is 3.98. The maximum absolute atomic E-state index is 12.1. The van der Waals surface area contributed by atoms with Gasteiger partial charge in [0, 0.05) is 38.4 Å². The molecule has 0 saturated heterocycles. The second-order valence-electron chi connectivity index (χ2n) is 6.92. The van der Waals surface area contributed by atoms with Crippen LogP contribution in [0.1, 0.15) is 22.5 Å². The quantitative estimate of drug-likeness (QED) is 0.331. The Hall–Kier alpha value is -2.41. The van der Waals surface area contributed by atoms with Crippen LogP contribution in [0.5, 0.6) is 5.75 Å². The van der Waals surface area contributed by atoms with E-state index < -0.39 is 0 Å². The highest BCUT2D eigenvalue weighted by atomic mass is 35.5. The van der Waals surface area contributed by atoms with E-state index in [1.54, 1.807) is 19.4 Å². The molecule has 5 nitrogen and oxygen atoms in total. The molecule has 2 aromatic carbocycles. The first-order valence-electron chi connectivity index (χ1n) is 9.55. The number of hydrazone groups is 1. The second kappa shape index (κ2) is 10.8. The zero-order valence-corrected chi connectivity index (χ0v) is 19.8. The van der Waals surface area contributed by atoms with Gasteiger partial charge in [0.2, 0.25) is 5.91 Å². The monoisotopic (exact) mass is 475 g/mol. The van der Waals surface area contributed by atoms with E-state index in [4.69, 9.17) is 27.9 Å². The number of ether oxygens (including phenoxy) is 1. The summed E-state index contributed by atoms with van der Waals surface area (Å²) in [4.78, 5) is 12.1. The highest BCUT2D eigenvalue weighted by Gasteiger charge is 2.11. The number of thioether (sulfide) groups is 1. The number of carbonyl (C=O) groups excluding carboxylic acids is 1. The standard InChI is InChI=1S/C23H23Cl2N3O2S/c1-15-8-18(16(2)28(15)21-10-19(24)9-20(25)11-21)12-26-27-23(29)14-31-13-17-4-6-22(30-3)7-5-17/h4-12H,13-14H2,1-3H3,(H,27,29)/b26-12-. The Bertz CT molecular complexity index is 1070. The van der Waals surface area contributed by atoms with E-state index in [1.165, 1.54) is 11.8 Å². The van der Waals surface area contributed by atoms with Gasteiger partial charge in [0.05, 0.1) is 19.1 Å².